The summed E-state index contributed by atoms with van der Waals surface area (Å²) in [5.74, 6) is 1.47. The van der Waals surface area contributed by atoms with Crippen LogP contribution in [0.1, 0.15) is 17.4 Å². The maximum Gasteiger partial charge on any atom is 0.204 e. The van der Waals surface area contributed by atoms with E-state index in [0.29, 0.717) is 5.84 Å². The van der Waals surface area contributed by atoms with Crippen LogP contribution < -0.4 is 5.32 Å². The van der Waals surface area contributed by atoms with Gasteiger partial charge in [-0.15, -0.1) is 0 Å². The van der Waals surface area contributed by atoms with Crippen molar-refractivity contribution in [2.45, 2.75) is 6.29 Å². The van der Waals surface area contributed by atoms with Gasteiger partial charge >= 0.3 is 0 Å². The van der Waals surface area contributed by atoms with Crippen molar-refractivity contribution >= 4 is 55.3 Å². The SMILES string of the molecule is c1ccc(C2=NC(n3c4ccccc4c4ccc5c6ccccc6n(-c6cc(-c7ccccc7)cc(-c7ccccc7)c6)c5c43)NC(c3ccccc3)=N2)cc1. The van der Waals surface area contributed by atoms with Crippen LogP contribution in [0.4, 0.5) is 0 Å². The summed E-state index contributed by atoms with van der Waals surface area (Å²) in [7, 11) is 0. The van der Waals surface area contributed by atoms with E-state index >= 15 is 0 Å². The monoisotopic (exact) mass is 717 g/mol. The second-order valence-corrected chi connectivity index (χ2v) is 14.3. The maximum atomic E-state index is 5.41. The van der Waals surface area contributed by atoms with E-state index in [0.717, 1.165) is 55.8 Å². The summed E-state index contributed by atoms with van der Waals surface area (Å²) in [4.78, 5) is 10.5. The van der Waals surface area contributed by atoms with E-state index in [-0.39, 0.29) is 0 Å². The summed E-state index contributed by atoms with van der Waals surface area (Å²) in [5.41, 5.74) is 12.2. The van der Waals surface area contributed by atoms with Gasteiger partial charge in [-0.25, -0.2) is 9.98 Å². The molecule has 5 heteroatoms. The average molecular weight is 718 g/mol. The maximum absolute atomic E-state index is 5.41. The fourth-order valence-electron chi connectivity index (χ4n) is 8.42. The van der Waals surface area contributed by atoms with Crippen LogP contribution in [0.15, 0.2) is 210 Å². The normalized spacial score (nSPS) is 14.2. The van der Waals surface area contributed by atoms with Gasteiger partial charge in [-0.1, -0.05) is 170 Å². The van der Waals surface area contributed by atoms with Gasteiger partial charge in [0.15, 0.2) is 5.84 Å². The third kappa shape index (κ3) is 5.24. The molecule has 2 aromatic heterocycles. The predicted octanol–water partition coefficient (Wildman–Crippen LogP) is 12.2. The number of benzene rings is 8. The zero-order chi connectivity index (χ0) is 37.0. The van der Waals surface area contributed by atoms with Crippen LogP contribution in [0.25, 0.3) is 71.6 Å². The number of hydrogen-bond acceptors (Lipinski definition) is 3. The Bertz CT molecular complexity index is 3080. The summed E-state index contributed by atoms with van der Waals surface area (Å²) in [6.07, 6.45) is -0.493. The van der Waals surface area contributed by atoms with Crippen molar-refractivity contribution in [3.63, 3.8) is 0 Å². The number of aliphatic imine (C=N–C) groups is 2. The molecule has 0 aliphatic carbocycles. The Labute approximate surface area is 324 Å². The Balaban J connectivity index is 1.25. The van der Waals surface area contributed by atoms with Crippen LogP contribution in [0.2, 0.25) is 0 Å². The lowest BCUT2D eigenvalue weighted by Gasteiger charge is -2.26. The number of hydrogen-bond donors (Lipinski definition) is 1. The first-order chi connectivity index (χ1) is 27.8. The first kappa shape index (κ1) is 32.0. The van der Waals surface area contributed by atoms with Gasteiger partial charge in [-0.3, -0.25) is 4.57 Å². The second kappa shape index (κ2) is 13.1. The quantitative estimate of drug-likeness (QED) is 0.183. The minimum absolute atomic E-state index is 0.493. The summed E-state index contributed by atoms with van der Waals surface area (Å²) >= 11 is 0. The summed E-state index contributed by atoms with van der Waals surface area (Å²) in [5, 5.41) is 8.51. The van der Waals surface area contributed by atoms with Crippen LogP contribution in [-0.4, -0.2) is 20.8 Å². The molecule has 0 spiro atoms. The van der Waals surface area contributed by atoms with Crippen molar-refractivity contribution in [3.05, 3.63) is 211 Å². The minimum atomic E-state index is -0.493. The third-order valence-electron chi connectivity index (χ3n) is 10.9. The van der Waals surface area contributed by atoms with Crippen LogP contribution in [0.3, 0.4) is 0 Å². The molecule has 3 heterocycles. The zero-order valence-corrected chi connectivity index (χ0v) is 30.4. The van der Waals surface area contributed by atoms with E-state index in [4.69, 9.17) is 9.98 Å². The van der Waals surface area contributed by atoms with Crippen LogP contribution >= 0.6 is 0 Å². The number of rotatable bonds is 6. The Kier molecular flexibility index (Phi) is 7.49. The van der Waals surface area contributed by atoms with E-state index in [1.165, 1.54) is 32.7 Å². The molecule has 10 aromatic rings. The molecule has 5 nitrogen and oxygen atoms in total. The van der Waals surface area contributed by atoms with Crippen molar-refractivity contribution in [2.24, 2.45) is 9.98 Å². The topological polar surface area (TPSA) is 46.6 Å². The number of nitrogens with one attached hydrogen (secondary N) is 1. The first-order valence-electron chi connectivity index (χ1n) is 19.0. The first-order valence-corrected chi connectivity index (χ1v) is 19.0. The van der Waals surface area contributed by atoms with Crippen molar-refractivity contribution < 1.29 is 0 Å². The Morgan fingerprint density at radius 1 is 0.393 bits per heavy atom. The molecular weight excluding hydrogens is 683 g/mol. The lowest BCUT2D eigenvalue weighted by atomic mass is 9.98. The second-order valence-electron chi connectivity index (χ2n) is 14.3. The lowest BCUT2D eigenvalue weighted by molar-refractivity contribution is 0.516. The molecule has 1 atom stereocenters. The predicted molar refractivity (Wildman–Crippen MR) is 233 cm³/mol. The summed E-state index contributed by atoms with van der Waals surface area (Å²) < 4.78 is 4.86. The molecule has 0 bridgehead atoms. The fourth-order valence-corrected chi connectivity index (χ4v) is 8.42. The van der Waals surface area contributed by atoms with Crippen molar-refractivity contribution in [3.8, 4) is 27.9 Å². The Hall–Kier alpha value is -7.50. The van der Waals surface area contributed by atoms with E-state index in [2.05, 4.69) is 190 Å². The molecule has 0 saturated heterocycles. The summed E-state index contributed by atoms with van der Waals surface area (Å²) in [6, 6.07) is 71.1. The molecule has 264 valence electrons. The van der Waals surface area contributed by atoms with Crippen LogP contribution in [0, 0.1) is 0 Å². The Morgan fingerprint density at radius 2 is 0.875 bits per heavy atom. The van der Waals surface area contributed by atoms with Crippen molar-refractivity contribution in [1.29, 1.82) is 0 Å². The number of amidine groups is 2. The molecule has 11 rings (SSSR count). The number of nitrogens with zero attached hydrogens (tertiary/aromatic N) is 4. The molecule has 1 unspecified atom stereocenters. The minimum Gasteiger partial charge on any atom is -0.331 e. The smallest absolute Gasteiger partial charge is 0.204 e. The van der Waals surface area contributed by atoms with Gasteiger partial charge in [0.05, 0.1) is 22.1 Å². The van der Waals surface area contributed by atoms with Gasteiger partial charge in [0.1, 0.15) is 5.84 Å². The van der Waals surface area contributed by atoms with Gasteiger partial charge in [-0.2, -0.15) is 0 Å². The van der Waals surface area contributed by atoms with E-state index in [1.54, 1.807) is 0 Å². The fraction of sp³-hybridized carbons (Fsp3) is 0.0196. The van der Waals surface area contributed by atoms with Gasteiger partial charge in [-0.05, 0) is 52.6 Å². The van der Waals surface area contributed by atoms with E-state index < -0.39 is 6.29 Å². The molecule has 56 heavy (non-hydrogen) atoms. The molecular formula is C51H35N5. The molecule has 1 aliphatic rings. The summed E-state index contributed by atoms with van der Waals surface area (Å²) in [6.45, 7) is 0. The molecule has 1 aliphatic heterocycles. The molecule has 0 saturated carbocycles. The van der Waals surface area contributed by atoms with Gasteiger partial charge in [0.25, 0.3) is 0 Å². The molecule has 0 radical (unpaired) electrons. The highest BCUT2D eigenvalue weighted by Crippen LogP contribution is 2.43. The van der Waals surface area contributed by atoms with E-state index in [9.17, 15) is 0 Å². The van der Waals surface area contributed by atoms with Gasteiger partial charge < -0.3 is 9.88 Å². The van der Waals surface area contributed by atoms with Crippen LogP contribution in [0.5, 0.6) is 0 Å². The largest absolute Gasteiger partial charge is 0.331 e. The van der Waals surface area contributed by atoms with Gasteiger partial charge in [0, 0.05) is 38.4 Å². The van der Waals surface area contributed by atoms with Gasteiger partial charge in [0.2, 0.25) is 6.29 Å². The Morgan fingerprint density at radius 3 is 1.48 bits per heavy atom. The molecule has 8 aromatic carbocycles. The van der Waals surface area contributed by atoms with Crippen molar-refractivity contribution in [1.82, 2.24) is 14.5 Å². The number of aromatic nitrogens is 2. The van der Waals surface area contributed by atoms with Crippen molar-refractivity contribution in [2.75, 3.05) is 0 Å². The molecule has 0 amide bonds. The standard InChI is InChI=1S/C51H35N5/c1-5-17-34(18-6-1)38-31-39(35-19-7-2-8-20-35)33-40(32-38)55-45-27-15-13-25-41(45)43-29-30-44-42-26-14-16-28-46(42)56(48(44)47(43)55)51-53-49(36-21-9-3-10-22-36)52-50(54-51)37-23-11-4-12-24-37/h1-33,51H,(H,52,53,54). The molecule has 0 fully saturated rings. The van der Waals surface area contributed by atoms with Crippen LogP contribution in [-0.2, 0) is 0 Å². The molecule has 1 N–H and O–H groups in total. The highest BCUT2D eigenvalue weighted by Gasteiger charge is 2.27. The van der Waals surface area contributed by atoms with E-state index in [1.807, 2.05) is 24.3 Å². The number of fused-ring (bicyclic) bond motifs is 7. The lowest BCUT2D eigenvalue weighted by Crippen LogP contribution is -2.36. The highest BCUT2D eigenvalue weighted by molar-refractivity contribution is 6.23. The zero-order valence-electron chi connectivity index (χ0n) is 30.4. The average Bonchev–Trinajstić information content (AvgIpc) is 3.81. The number of para-hydroxylation sites is 2. The highest BCUT2D eigenvalue weighted by atomic mass is 15.3. The third-order valence-corrected chi connectivity index (χ3v) is 10.9.